The molecule has 0 atom stereocenters. The first kappa shape index (κ1) is 18.1. The highest BCUT2D eigenvalue weighted by molar-refractivity contribution is 5.75. The lowest BCUT2D eigenvalue weighted by atomic mass is 10.1. The Morgan fingerprint density at radius 1 is 1.27 bits per heavy atom. The predicted molar refractivity (Wildman–Crippen MR) is 94.1 cm³/mol. The highest BCUT2D eigenvalue weighted by Crippen LogP contribution is 2.24. The minimum atomic E-state index is -0.260. The number of hydrogen-bond acceptors (Lipinski definition) is 3. The van der Waals surface area contributed by atoms with Crippen LogP contribution in [0, 0.1) is 0 Å². The summed E-state index contributed by atoms with van der Waals surface area (Å²) in [5.41, 5.74) is 8.49. The number of nitrogens with one attached hydrogen (secondary N) is 1. The fourth-order valence-electron chi connectivity index (χ4n) is 2.23. The van der Waals surface area contributed by atoms with Crippen molar-refractivity contribution in [3.63, 3.8) is 0 Å². The van der Waals surface area contributed by atoms with E-state index in [-0.39, 0.29) is 17.6 Å². The van der Waals surface area contributed by atoms with Crippen molar-refractivity contribution < 1.29 is 4.79 Å². The monoisotopic (exact) mass is 306 g/mol. The molecule has 0 saturated carbocycles. The molecule has 22 heavy (non-hydrogen) atoms. The van der Waals surface area contributed by atoms with Gasteiger partial charge in [0.15, 0.2) is 0 Å². The van der Waals surface area contributed by atoms with E-state index in [1.165, 1.54) is 0 Å². The average Bonchev–Trinajstić information content (AvgIpc) is 2.32. The second kappa shape index (κ2) is 6.90. The number of urea groups is 1. The van der Waals surface area contributed by atoms with Gasteiger partial charge in [0.25, 0.3) is 0 Å². The third kappa shape index (κ3) is 5.13. The van der Waals surface area contributed by atoms with E-state index in [1.807, 2.05) is 76.7 Å². The van der Waals surface area contributed by atoms with Gasteiger partial charge in [0.05, 0.1) is 0 Å². The van der Waals surface area contributed by atoms with E-state index in [1.54, 1.807) is 0 Å². The molecular weight excluding hydrogens is 276 g/mol. The molecule has 1 aromatic rings. The van der Waals surface area contributed by atoms with Crippen molar-refractivity contribution in [3.8, 4) is 0 Å². The molecule has 124 valence electrons. The van der Waals surface area contributed by atoms with Crippen LogP contribution in [0.1, 0.15) is 40.2 Å². The second-order valence-corrected chi connectivity index (χ2v) is 7.18. The van der Waals surface area contributed by atoms with Gasteiger partial charge in [0, 0.05) is 43.6 Å². The van der Waals surface area contributed by atoms with Crippen LogP contribution in [0.3, 0.4) is 0 Å². The van der Waals surface area contributed by atoms with Crippen LogP contribution < -0.4 is 16.0 Å². The number of benzene rings is 1. The van der Waals surface area contributed by atoms with Gasteiger partial charge >= 0.3 is 6.03 Å². The van der Waals surface area contributed by atoms with E-state index in [2.05, 4.69) is 5.32 Å². The van der Waals surface area contributed by atoms with Crippen LogP contribution in [0.4, 0.5) is 16.2 Å². The van der Waals surface area contributed by atoms with Gasteiger partial charge in [-0.1, -0.05) is 0 Å². The largest absolute Gasteiger partial charge is 0.399 e. The zero-order valence-corrected chi connectivity index (χ0v) is 14.9. The van der Waals surface area contributed by atoms with Gasteiger partial charge < -0.3 is 20.9 Å². The molecule has 0 bridgehead atoms. The van der Waals surface area contributed by atoms with E-state index >= 15 is 0 Å². The number of nitrogen functional groups attached to an aromatic ring is 1. The van der Waals surface area contributed by atoms with Gasteiger partial charge in [0.2, 0.25) is 0 Å². The van der Waals surface area contributed by atoms with E-state index < -0.39 is 0 Å². The van der Waals surface area contributed by atoms with Crippen molar-refractivity contribution in [2.45, 2.75) is 52.7 Å². The SMILES string of the molecule is CC(C)N(Cc1cc(N)ccc1N(C)C)C(=O)NC(C)(C)C. The summed E-state index contributed by atoms with van der Waals surface area (Å²) in [5.74, 6) is 0. The molecule has 0 saturated heterocycles. The molecule has 3 N–H and O–H groups in total. The summed E-state index contributed by atoms with van der Waals surface area (Å²) in [6, 6.07) is 5.85. The molecule has 5 nitrogen and oxygen atoms in total. The zero-order valence-electron chi connectivity index (χ0n) is 14.9. The highest BCUT2D eigenvalue weighted by Gasteiger charge is 2.23. The number of nitrogens with zero attached hydrogens (tertiary/aromatic N) is 2. The van der Waals surface area contributed by atoms with Crippen LogP contribution in [0.25, 0.3) is 0 Å². The number of anilines is 2. The van der Waals surface area contributed by atoms with Crippen molar-refractivity contribution in [1.82, 2.24) is 10.2 Å². The van der Waals surface area contributed by atoms with Gasteiger partial charge in [-0.2, -0.15) is 0 Å². The fourth-order valence-corrected chi connectivity index (χ4v) is 2.23. The van der Waals surface area contributed by atoms with E-state index in [9.17, 15) is 4.79 Å². The number of carbonyl (C=O) groups excluding carboxylic acids is 1. The quantitative estimate of drug-likeness (QED) is 0.840. The highest BCUT2D eigenvalue weighted by atomic mass is 16.2. The third-order valence-corrected chi connectivity index (χ3v) is 3.29. The maximum absolute atomic E-state index is 12.5. The second-order valence-electron chi connectivity index (χ2n) is 7.18. The Bertz CT molecular complexity index is 518. The summed E-state index contributed by atoms with van der Waals surface area (Å²) in [7, 11) is 3.98. The van der Waals surface area contributed by atoms with Crippen LogP contribution in [0.5, 0.6) is 0 Å². The lowest BCUT2D eigenvalue weighted by Gasteiger charge is -2.32. The normalized spacial score (nSPS) is 11.5. The smallest absolute Gasteiger partial charge is 0.318 e. The third-order valence-electron chi connectivity index (χ3n) is 3.29. The van der Waals surface area contributed by atoms with Crippen LogP contribution in [0.15, 0.2) is 18.2 Å². The number of carbonyl (C=O) groups is 1. The minimum absolute atomic E-state index is 0.0605. The van der Waals surface area contributed by atoms with E-state index in [0.29, 0.717) is 12.2 Å². The maximum Gasteiger partial charge on any atom is 0.318 e. The van der Waals surface area contributed by atoms with E-state index in [0.717, 1.165) is 11.3 Å². The van der Waals surface area contributed by atoms with Crippen molar-refractivity contribution in [2.75, 3.05) is 24.7 Å². The van der Waals surface area contributed by atoms with Crippen molar-refractivity contribution >= 4 is 17.4 Å². The Labute approximate surface area is 134 Å². The van der Waals surface area contributed by atoms with Crippen molar-refractivity contribution in [3.05, 3.63) is 23.8 Å². The molecular formula is C17H30N4O. The van der Waals surface area contributed by atoms with Gasteiger partial charge in [0.1, 0.15) is 0 Å². The molecule has 0 aliphatic heterocycles. The molecule has 0 aromatic heterocycles. The van der Waals surface area contributed by atoms with E-state index in [4.69, 9.17) is 5.73 Å². The number of nitrogens with two attached hydrogens (primary N) is 1. The topological polar surface area (TPSA) is 61.6 Å². The predicted octanol–water partition coefficient (Wildman–Crippen LogP) is 3.05. The summed E-state index contributed by atoms with van der Waals surface area (Å²) in [6.45, 7) is 10.5. The first-order valence-electron chi connectivity index (χ1n) is 7.66. The Morgan fingerprint density at radius 3 is 2.32 bits per heavy atom. The fraction of sp³-hybridized carbons (Fsp3) is 0.588. The molecule has 2 amide bonds. The zero-order chi connectivity index (χ0) is 17.1. The van der Waals surface area contributed by atoms with Gasteiger partial charge in [-0.05, 0) is 58.4 Å². The lowest BCUT2D eigenvalue weighted by molar-refractivity contribution is 0.171. The summed E-state index contributed by atoms with van der Waals surface area (Å²) in [6.07, 6.45) is 0. The molecule has 1 rings (SSSR count). The molecule has 5 heteroatoms. The maximum atomic E-state index is 12.5. The molecule has 0 aliphatic rings. The molecule has 1 aromatic carbocycles. The Hall–Kier alpha value is -1.91. The Morgan fingerprint density at radius 2 is 1.86 bits per heavy atom. The molecule has 0 radical (unpaired) electrons. The number of hydrogen-bond donors (Lipinski definition) is 2. The lowest BCUT2D eigenvalue weighted by Crippen LogP contribution is -2.50. The molecule has 0 aliphatic carbocycles. The molecule has 0 heterocycles. The summed E-state index contributed by atoms with van der Waals surface area (Å²) in [5, 5.41) is 3.03. The number of amides is 2. The summed E-state index contributed by atoms with van der Waals surface area (Å²) < 4.78 is 0. The minimum Gasteiger partial charge on any atom is -0.399 e. The summed E-state index contributed by atoms with van der Waals surface area (Å²) >= 11 is 0. The van der Waals surface area contributed by atoms with Crippen LogP contribution >= 0.6 is 0 Å². The first-order valence-corrected chi connectivity index (χ1v) is 7.66. The first-order chi connectivity index (χ1) is 10.0. The Balaban J connectivity index is 3.06. The Kier molecular flexibility index (Phi) is 5.69. The van der Waals surface area contributed by atoms with Gasteiger partial charge in [-0.25, -0.2) is 4.79 Å². The number of rotatable bonds is 4. The summed E-state index contributed by atoms with van der Waals surface area (Å²) in [4.78, 5) is 16.4. The van der Waals surface area contributed by atoms with Crippen LogP contribution in [-0.2, 0) is 6.54 Å². The van der Waals surface area contributed by atoms with Crippen molar-refractivity contribution in [2.24, 2.45) is 0 Å². The van der Waals surface area contributed by atoms with Gasteiger partial charge in [-0.15, -0.1) is 0 Å². The van der Waals surface area contributed by atoms with Crippen molar-refractivity contribution in [1.29, 1.82) is 0 Å². The average molecular weight is 306 g/mol. The molecule has 0 fully saturated rings. The van der Waals surface area contributed by atoms with Crippen LogP contribution in [-0.4, -0.2) is 36.6 Å². The standard InChI is InChI=1S/C17H30N4O/c1-12(2)21(16(22)19-17(3,4)5)11-13-10-14(18)8-9-15(13)20(6)7/h8-10,12H,11,18H2,1-7H3,(H,19,22). The van der Waals surface area contributed by atoms with Crippen LogP contribution in [0.2, 0.25) is 0 Å². The van der Waals surface area contributed by atoms with Gasteiger partial charge in [-0.3, -0.25) is 0 Å². The molecule has 0 unspecified atom stereocenters. The molecule has 0 spiro atoms.